The van der Waals surface area contributed by atoms with Gasteiger partial charge >= 0.3 is 0 Å². The van der Waals surface area contributed by atoms with Gasteiger partial charge in [-0.05, 0) is 25.7 Å². The number of carbonyl (C=O) groups is 1. The van der Waals surface area contributed by atoms with E-state index in [2.05, 4.69) is 44.8 Å². The largest absolute Gasteiger partial charge is 0.323 e. The van der Waals surface area contributed by atoms with Crippen LogP contribution in [0.25, 0.3) is 0 Å². The van der Waals surface area contributed by atoms with E-state index >= 15 is 0 Å². The predicted molar refractivity (Wildman–Crippen MR) is 76.3 cm³/mol. The van der Waals surface area contributed by atoms with E-state index in [0.29, 0.717) is 17.9 Å². The van der Waals surface area contributed by atoms with Crippen molar-refractivity contribution >= 4 is 5.91 Å². The van der Waals surface area contributed by atoms with E-state index in [0.717, 1.165) is 19.3 Å². The zero-order valence-electron chi connectivity index (χ0n) is 12.7. The van der Waals surface area contributed by atoms with Crippen LogP contribution in [-0.2, 0) is 4.79 Å². The molecular weight excluding hydrogens is 224 g/mol. The van der Waals surface area contributed by atoms with Gasteiger partial charge in [0.1, 0.15) is 0 Å². The lowest BCUT2D eigenvalue weighted by molar-refractivity contribution is -0.132. The van der Waals surface area contributed by atoms with Crippen LogP contribution in [0.4, 0.5) is 0 Å². The second-order valence-corrected chi connectivity index (χ2v) is 5.93. The maximum Gasteiger partial charge on any atom is 0.241 e. The molecule has 0 saturated carbocycles. The van der Waals surface area contributed by atoms with Crippen molar-refractivity contribution in [2.75, 3.05) is 0 Å². The van der Waals surface area contributed by atoms with E-state index in [4.69, 9.17) is 0 Å². The molecule has 0 aromatic heterocycles. The number of carbonyl (C=O) groups excluding carboxylic acids is 1. The highest BCUT2D eigenvalue weighted by molar-refractivity contribution is 5.84. The summed E-state index contributed by atoms with van der Waals surface area (Å²) in [6.45, 7) is 10.8. The van der Waals surface area contributed by atoms with E-state index in [1.54, 1.807) is 0 Å². The minimum absolute atomic E-state index is 0.0191. The molecule has 3 heteroatoms. The minimum atomic E-state index is 0.0191. The lowest BCUT2D eigenvalue weighted by atomic mass is 10.0. The number of nitrogens with zero attached hydrogens (tertiary/aromatic N) is 1. The molecule has 1 fully saturated rings. The number of unbranched alkanes of at least 4 members (excludes halogenated alkanes) is 1. The lowest BCUT2D eigenvalue weighted by Gasteiger charge is -2.30. The van der Waals surface area contributed by atoms with Gasteiger partial charge in [-0.25, -0.2) is 0 Å². The van der Waals surface area contributed by atoms with Crippen LogP contribution in [-0.4, -0.2) is 29.1 Å². The molecular formula is C15H30N2O. The van der Waals surface area contributed by atoms with Crippen molar-refractivity contribution in [2.24, 2.45) is 5.92 Å². The SMILES string of the molecule is CCCCC(C)N1C(=O)C(C(C)C)NC1CCC. The molecule has 0 aliphatic carbocycles. The van der Waals surface area contributed by atoms with E-state index in [9.17, 15) is 4.79 Å². The number of nitrogens with one attached hydrogen (secondary N) is 1. The molecule has 3 unspecified atom stereocenters. The number of hydrogen-bond donors (Lipinski definition) is 1. The summed E-state index contributed by atoms with van der Waals surface area (Å²) in [7, 11) is 0. The molecule has 1 saturated heterocycles. The van der Waals surface area contributed by atoms with Crippen molar-refractivity contribution in [1.82, 2.24) is 10.2 Å². The number of amides is 1. The molecule has 0 radical (unpaired) electrons. The van der Waals surface area contributed by atoms with Gasteiger partial charge in [0, 0.05) is 6.04 Å². The third-order valence-electron chi connectivity index (χ3n) is 3.91. The molecule has 0 aromatic rings. The van der Waals surface area contributed by atoms with Crippen LogP contribution in [0.1, 0.15) is 66.7 Å². The molecule has 3 atom stereocenters. The molecule has 1 rings (SSSR count). The Bertz CT molecular complexity index is 265. The first-order valence-electron chi connectivity index (χ1n) is 7.61. The van der Waals surface area contributed by atoms with Gasteiger partial charge in [-0.15, -0.1) is 0 Å². The van der Waals surface area contributed by atoms with E-state index < -0.39 is 0 Å². The average Bonchev–Trinajstić information content (AvgIpc) is 2.64. The van der Waals surface area contributed by atoms with Gasteiger partial charge < -0.3 is 4.90 Å². The minimum Gasteiger partial charge on any atom is -0.323 e. The summed E-state index contributed by atoms with van der Waals surface area (Å²) in [6.07, 6.45) is 5.96. The first kappa shape index (κ1) is 15.5. The normalized spacial score (nSPS) is 26.1. The third kappa shape index (κ3) is 3.47. The summed E-state index contributed by atoms with van der Waals surface area (Å²) >= 11 is 0. The highest BCUT2D eigenvalue weighted by Gasteiger charge is 2.41. The van der Waals surface area contributed by atoms with Gasteiger partial charge in [-0.3, -0.25) is 10.1 Å². The molecule has 0 aromatic carbocycles. The van der Waals surface area contributed by atoms with Crippen molar-refractivity contribution in [2.45, 2.75) is 85.0 Å². The second-order valence-electron chi connectivity index (χ2n) is 5.93. The maximum absolute atomic E-state index is 12.5. The first-order valence-corrected chi connectivity index (χ1v) is 7.61. The molecule has 1 aliphatic rings. The molecule has 0 bridgehead atoms. The molecule has 1 aliphatic heterocycles. The topological polar surface area (TPSA) is 32.3 Å². The van der Waals surface area contributed by atoms with Crippen molar-refractivity contribution in [1.29, 1.82) is 0 Å². The zero-order valence-corrected chi connectivity index (χ0v) is 12.7. The highest BCUT2D eigenvalue weighted by atomic mass is 16.2. The van der Waals surface area contributed by atoms with Crippen LogP contribution in [0.5, 0.6) is 0 Å². The monoisotopic (exact) mass is 254 g/mol. The van der Waals surface area contributed by atoms with Crippen LogP contribution in [0.2, 0.25) is 0 Å². The van der Waals surface area contributed by atoms with Crippen LogP contribution in [0.15, 0.2) is 0 Å². The Kier molecular flexibility index (Phi) is 6.13. The molecule has 3 nitrogen and oxygen atoms in total. The first-order chi connectivity index (χ1) is 8.52. The van der Waals surface area contributed by atoms with Crippen molar-refractivity contribution in [3.8, 4) is 0 Å². The molecule has 0 spiro atoms. The van der Waals surface area contributed by atoms with Gasteiger partial charge in [0.15, 0.2) is 0 Å². The van der Waals surface area contributed by atoms with E-state index in [-0.39, 0.29) is 12.2 Å². The Morgan fingerprint density at radius 1 is 1.22 bits per heavy atom. The van der Waals surface area contributed by atoms with Crippen molar-refractivity contribution in [3.05, 3.63) is 0 Å². The number of rotatable bonds is 7. The van der Waals surface area contributed by atoms with E-state index in [1.165, 1.54) is 12.8 Å². The second kappa shape index (κ2) is 7.13. The van der Waals surface area contributed by atoms with Crippen molar-refractivity contribution < 1.29 is 4.79 Å². The molecule has 1 amide bonds. The van der Waals surface area contributed by atoms with Crippen LogP contribution >= 0.6 is 0 Å². The van der Waals surface area contributed by atoms with Gasteiger partial charge in [0.2, 0.25) is 5.91 Å². The smallest absolute Gasteiger partial charge is 0.241 e. The predicted octanol–water partition coefficient (Wildman–Crippen LogP) is 3.15. The summed E-state index contributed by atoms with van der Waals surface area (Å²) in [4.78, 5) is 14.6. The van der Waals surface area contributed by atoms with Gasteiger partial charge in [-0.1, -0.05) is 47.0 Å². The quantitative estimate of drug-likeness (QED) is 0.757. The van der Waals surface area contributed by atoms with Gasteiger partial charge in [0.05, 0.1) is 12.2 Å². The van der Waals surface area contributed by atoms with Crippen molar-refractivity contribution in [3.63, 3.8) is 0 Å². The van der Waals surface area contributed by atoms with Crippen LogP contribution in [0.3, 0.4) is 0 Å². The molecule has 1 N–H and O–H groups in total. The Morgan fingerprint density at radius 3 is 2.39 bits per heavy atom. The third-order valence-corrected chi connectivity index (χ3v) is 3.91. The Morgan fingerprint density at radius 2 is 1.89 bits per heavy atom. The summed E-state index contributed by atoms with van der Waals surface area (Å²) in [5, 5.41) is 3.52. The maximum atomic E-state index is 12.5. The fraction of sp³-hybridized carbons (Fsp3) is 0.933. The standard InChI is InChI=1S/C15H30N2O/c1-6-8-10-12(5)17-13(9-7-2)16-14(11(3)4)15(17)18/h11-14,16H,6-10H2,1-5H3. The zero-order chi connectivity index (χ0) is 13.7. The Hall–Kier alpha value is -0.570. The van der Waals surface area contributed by atoms with Crippen LogP contribution in [0, 0.1) is 5.92 Å². The van der Waals surface area contributed by atoms with Gasteiger partial charge in [-0.2, -0.15) is 0 Å². The fourth-order valence-electron chi connectivity index (χ4n) is 2.81. The summed E-state index contributed by atoms with van der Waals surface area (Å²) in [5.41, 5.74) is 0. The molecule has 106 valence electrons. The van der Waals surface area contributed by atoms with Gasteiger partial charge in [0.25, 0.3) is 0 Å². The van der Waals surface area contributed by atoms with E-state index in [1.807, 2.05) is 0 Å². The molecule has 18 heavy (non-hydrogen) atoms. The summed E-state index contributed by atoms with van der Waals surface area (Å²) < 4.78 is 0. The van der Waals surface area contributed by atoms with Crippen LogP contribution < -0.4 is 5.32 Å². The Labute approximate surface area is 112 Å². The Balaban J connectivity index is 2.73. The highest BCUT2D eigenvalue weighted by Crippen LogP contribution is 2.24. The summed E-state index contributed by atoms with van der Waals surface area (Å²) in [5.74, 6) is 0.687. The summed E-state index contributed by atoms with van der Waals surface area (Å²) in [6, 6.07) is 0.385. The number of hydrogen-bond acceptors (Lipinski definition) is 2. The molecule has 1 heterocycles. The average molecular weight is 254 g/mol. The fourth-order valence-corrected chi connectivity index (χ4v) is 2.81. The lowest BCUT2D eigenvalue weighted by Crippen LogP contribution is -2.43.